The smallest absolute Gasteiger partial charge is 0.402 e. The molecule has 0 spiro atoms. The number of aliphatic hydroxyl groups is 3. The molecule has 0 amide bonds. The lowest BCUT2D eigenvalue weighted by atomic mass is 10.1. The van der Waals surface area contributed by atoms with Crippen molar-refractivity contribution in [2.75, 3.05) is 20.8 Å². The summed E-state index contributed by atoms with van der Waals surface area (Å²) in [4.78, 5) is 0. The third kappa shape index (κ3) is 4.14. The van der Waals surface area contributed by atoms with E-state index in [2.05, 4.69) is 0 Å². The standard InChI is InChI=1S/C22H22O11/c1-29-15-3-9(4-16(30-2)19(15)27)21-17(33-22-20(28)18(26)13(25)8-31-22)7-11-12(24)5-10(23)6-14(11)32-21/h3-7,13,18,20,22,25-26,28H,8H2,1-2H3,(H2-,23,24,27)/p+1/t13-,18-,20+,22+/m0/s1. The summed E-state index contributed by atoms with van der Waals surface area (Å²) in [5.41, 5.74) is 0.411. The summed E-state index contributed by atoms with van der Waals surface area (Å²) >= 11 is 0. The molecule has 4 atom stereocenters. The van der Waals surface area contributed by atoms with Crippen LogP contribution in [0.1, 0.15) is 0 Å². The largest absolute Gasteiger partial charge is 0.507 e. The van der Waals surface area contributed by atoms with Crippen molar-refractivity contribution in [3.05, 3.63) is 30.3 Å². The van der Waals surface area contributed by atoms with E-state index in [1.54, 1.807) is 0 Å². The highest BCUT2D eigenvalue weighted by molar-refractivity contribution is 5.88. The highest BCUT2D eigenvalue weighted by Gasteiger charge is 2.40. The van der Waals surface area contributed by atoms with Gasteiger partial charge >= 0.3 is 11.3 Å². The van der Waals surface area contributed by atoms with Crippen LogP contribution in [0.2, 0.25) is 0 Å². The molecule has 3 aromatic rings. The molecule has 0 unspecified atom stereocenters. The van der Waals surface area contributed by atoms with E-state index in [9.17, 15) is 30.6 Å². The van der Waals surface area contributed by atoms with Crippen LogP contribution in [-0.2, 0) is 4.74 Å². The van der Waals surface area contributed by atoms with Crippen molar-refractivity contribution in [2.45, 2.75) is 24.6 Å². The third-order valence-corrected chi connectivity index (χ3v) is 5.26. The van der Waals surface area contributed by atoms with Gasteiger partial charge < -0.3 is 49.6 Å². The zero-order valence-electron chi connectivity index (χ0n) is 17.6. The van der Waals surface area contributed by atoms with E-state index in [0.29, 0.717) is 5.56 Å². The number of rotatable bonds is 5. The van der Waals surface area contributed by atoms with Gasteiger partial charge in [-0.3, -0.25) is 0 Å². The minimum atomic E-state index is -1.59. The number of ether oxygens (including phenoxy) is 4. The molecule has 0 radical (unpaired) electrons. The van der Waals surface area contributed by atoms with Crippen LogP contribution < -0.4 is 14.2 Å². The number of hydrogen-bond donors (Lipinski definition) is 6. The minimum Gasteiger partial charge on any atom is -0.507 e. The summed E-state index contributed by atoms with van der Waals surface area (Å²) in [6.07, 6.45) is -5.77. The maximum atomic E-state index is 10.3. The van der Waals surface area contributed by atoms with E-state index in [-0.39, 0.29) is 57.8 Å². The van der Waals surface area contributed by atoms with E-state index >= 15 is 0 Å². The number of fused-ring (bicyclic) bond motifs is 1. The Morgan fingerprint density at radius 1 is 0.879 bits per heavy atom. The van der Waals surface area contributed by atoms with Gasteiger partial charge in [0.25, 0.3) is 0 Å². The zero-order chi connectivity index (χ0) is 23.9. The first-order valence-electron chi connectivity index (χ1n) is 9.84. The lowest BCUT2D eigenvalue weighted by molar-refractivity contribution is -0.242. The molecular formula is C22H23O11+. The molecule has 11 nitrogen and oxygen atoms in total. The Morgan fingerprint density at radius 3 is 2.18 bits per heavy atom. The summed E-state index contributed by atoms with van der Waals surface area (Å²) in [6.45, 7) is -0.289. The summed E-state index contributed by atoms with van der Waals surface area (Å²) in [5.74, 6) is -0.635. The quantitative estimate of drug-likeness (QED) is 0.302. The Kier molecular flexibility index (Phi) is 6.04. The monoisotopic (exact) mass is 463 g/mol. The van der Waals surface area contributed by atoms with Crippen molar-refractivity contribution >= 4 is 11.0 Å². The van der Waals surface area contributed by atoms with Crippen LogP contribution in [-0.4, -0.2) is 76.1 Å². The first-order valence-corrected chi connectivity index (χ1v) is 9.84. The van der Waals surface area contributed by atoms with Crippen LogP contribution in [0.15, 0.2) is 34.7 Å². The molecule has 2 heterocycles. The van der Waals surface area contributed by atoms with E-state index in [1.165, 1.54) is 38.5 Å². The molecule has 0 saturated carbocycles. The Labute approximate surface area is 187 Å². The zero-order valence-corrected chi connectivity index (χ0v) is 17.6. The van der Waals surface area contributed by atoms with Gasteiger partial charge in [0.1, 0.15) is 35.2 Å². The van der Waals surface area contributed by atoms with Gasteiger partial charge in [0, 0.05) is 24.3 Å². The van der Waals surface area contributed by atoms with E-state index in [4.69, 9.17) is 23.4 Å². The molecule has 2 aromatic carbocycles. The van der Waals surface area contributed by atoms with Gasteiger partial charge in [-0.25, -0.2) is 4.42 Å². The third-order valence-electron chi connectivity index (χ3n) is 5.26. The topological polar surface area (TPSA) is 170 Å². The number of phenolic OH excluding ortho intramolecular Hbond substituents is 3. The highest BCUT2D eigenvalue weighted by Crippen LogP contribution is 2.45. The lowest BCUT2D eigenvalue weighted by Crippen LogP contribution is -2.54. The fourth-order valence-electron chi connectivity index (χ4n) is 3.51. The number of aliphatic hydroxyl groups excluding tert-OH is 3. The van der Waals surface area contributed by atoms with Gasteiger partial charge in [0.05, 0.1) is 32.5 Å². The second-order valence-electron chi connectivity index (χ2n) is 7.41. The number of phenols is 3. The van der Waals surface area contributed by atoms with Gasteiger partial charge in [-0.05, 0) is 0 Å². The molecule has 1 fully saturated rings. The molecule has 11 heteroatoms. The molecule has 1 aromatic heterocycles. The highest BCUT2D eigenvalue weighted by atomic mass is 16.7. The number of methoxy groups -OCH3 is 2. The van der Waals surface area contributed by atoms with E-state index in [1.807, 2.05) is 0 Å². The molecule has 33 heavy (non-hydrogen) atoms. The summed E-state index contributed by atoms with van der Waals surface area (Å²) in [7, 11) is 2.70. The van der Waals surface area contributed by atoms with Crippen molar-refractivity contribution in [1.82, 2.24) is 0 Å². The van der Waals surface area contributed by atoms with E-state index < -0.39 is 24.6 Å². The maximum Gasteiger partial charge on any atom is 0.402 e. The molecule has 4 rings (SSSR count). The van der Waals surface area contributed by atoms with Crippen LogP contribution in [0.5, 0.6) is 34.5 Å². The van der Waals surface area contributed by atoms with Crippen LogP contribution in [0.3, 0.4) is 0 Å². The minimum absolute atomic E-state index is 0.0223. The van der Waals surface area contributed by atoms with E-state index in [0.717, 1.165) is 6.07 Å². The van der Waals surface area contributed by atoms with Gasteiger partial charge in [-0.2, -0.15) is 0 Å². The summed E-state index contributed by atoms with van der Waals surface area (Å²) in [5, 5.41) is 60.5. The van der Waals surface area contributed by atoms with Crippen LogP contribution >= 0.6 is 0 Å². The normalized spacial score (nSPS) is 22.8. The Bertz CT molecular complexity index is 1150. The number of hydrogen-bond acceptors (Lipinski definition) is 10. The summed E-state index contributed by atoms with van der Waals surface area (Å²) in [6, 6.07) is 6.66. The van der Waals surface area contributed by atoms with Crippen molar-refractivity contribution in [3.8, 4) is 45.8 Å². The molecule has 176 valence electrons. The summed E-state index contributed by atoms with van der Waals surface area (Å²) < 4.78 is 27.4. The molecule has 6 N–H and O–H groups in total. The number of benzene rings is 2. The van der Waals surface area contributed by atoms with Crippen LogP contribution in [0.4, 0.5) is 0 Å². The van der Waals surface area contributed by atoms with Crippen LogP contribution in [0, 0.1) is 0 Å². The SMILES string of the molecule is COc1cc(-c2[o+]c3cc(O)cc(O)c3cc2O[C@H]2OC[C@H](O)[C@H](O)[C@H]2O)cc(OC)c1O. The second-order valence-corrected chi connectivity index (χ2v) is 7.41. The van der Waals surface area contributed by atoms with Gasteiger partial charge in [0.2, 0.25) is 17.8 Å². The predicted octanol–water partition coefficient (Wildman–Crippen LogP) is 1.33. The van der Waals surface area contributed by atoms with Gasteiger partial charge in [-0.15, -0.1) is 0 Å². The van der Waals surface area contributed by atoms with Crippen molar-refractivity contribution in [3.63, 3.8) is 0 Å². The molecule has 1 aliphatic heterocycles. The van der Waals surface area contributed by atoms with Crippen LogP contribution in [0.25, 0.3) is 22.3 Å². The number of aromatic hydroxyl groups is 3. The molecule has 0 bridgehead atoms. The van der Waals surface area contributed by atoms with Gasteiger partial charge in [0.15, 0.2) is 11.5 Å². The predicted molar refractivity (Wildman–Crippen MR) is 113 cm³/mol. The fourth-order valence-corrected chi connectivity index (χ4v) is 3.51. The lowest BCUT2D eigenvalue weighted by Gasteiger charge is -2.34. The van der Waals surface area contributed by atoms with Crippen molar-refractivity contribution in [1.29, 1.82) is 0 Å². The fraction of sp³-hybridized carbons (Fsp3) is 0.318. The van der Waals surface area contributed by atoms with Gasteiger partial charge in [-0.1, -0.05) is 0 Å². The Hall–Kier alpha value is -3.51. The Balaban J connectivity index is 1.89. The maximum absolute atomic E-state index is 10.3. The molecule has 0 aliphatic carbocycles. The van der Waals surface area contributed by atoms with Crippen molar-refractivity contribution in [2.24, 2.45) is 0 Å². The average Bonchev–Trinajstić information content (AvgIpc) is 2.79. The first kappa shape index (κ1) is 22.7. The first-order chi connectivity index (χ1) is 15.7. The molecule has 1 saturated heterocycles. The van der Waals surface area contributed by atoms with Crippen molar-refractivity contribution < 1.29 is 54.0 Å². The molecular weight excluding hydrogens is 440 g/mol. The average molecular weight is 463 g/mol. The molecule has 1 aliphatic rings. The second kappa shape index (κ2) is 8.79. The Morgan fingerprint density at radius 2 is 1.55 bits per heavy atom.